The van der Waals surface area contributed by atoms with Crippen LogP contribution in [0, 0.1) is 5.41 Å². The van der Waals surface area contributed by atoms with Crippen LogP contribution in [0.2, 0.25) is 0 Å². The van der Waals surface area contributed by atoms with Gasteiger partial charge in [-0.05, 0) is 58.2 Å². The molecule has 0 aromatic heterocycles. The lowest BCUT2D eigenvalue weighted by Crippen LogP contribution is -2.44. The van der Waals surface area contributed by atoms with E-state index in [9.17, 15) is 4.79 Å². The molecule has 33 heavy (non-hydrogen) atoms. The standard InChI is InChI=1S/C27H36N4O2/c1-19-9-8-10-20(2)30(19)17-6-3-7-18-31-23-11-4-5-12-24(23)33-25(27(31)32)21-13-15-22(16-14-21)26(28)29/h4-5,11-16,19-20,25H,3,6-10,17-18H2,1-2H3,(H3,28,29)/t19-,20+,25?. The average Bonchev–Trinajstić information content (AvgIpc) is 2.81. The van der Waals surface area contributed by atoms with Crippen LogP contribution in [0.1, 0.15) is 69.6 Å². The molecule has 2 aromatic rings. The summed E-state index contributed by atoms with van der Waals surface area (Å²) in [6.07, 6.45) is 6.49. The molecular weight excluding hydrogens is 412 g/mol. The van der Waals surface area contributed by atoms with Crippen molar-refractivity contribution < 1.29 is 9.53 Å². The molecule has 1 fully saturated rings. The zero-order valence-corrected chi connectivity index (χ0v) is 19.8. The van der Waals surface area contributed by atoms with Crippen LogP contribution >= 0.6 is 0 Å². The van der Waals surface area contributed by atoms with Gasteiger partial charge < -0.3 is 15.4 Å². The van der Waals surface area contributed by atoms with Crippen molar-refractivity contribution in [2.24, 2.45) is 5.73 Å². The fourth-order valence-electron chi connectivity index (χ4n) is 5.15. The second kappa shape index (κ2) is 10.4. The maximum absolute atomic E-state index is 13.4. The van der Waals surface area contributed by atoms with Gasteiger partial charge in [-0.1, -0.05) is 49.2 Å². The minimum Gasteiger partial charge on any atom is -0.474 e. The number of amidine groups is 1. The van der Waals surface area contributed by atoms with Crippen molar-refractivity contribution >= 4 is 17.4 Å². The molecule has 1 unspecified atom stereocenters. The van der Waals surface area contributed by atoms with Crippen LogP contribution in [0.4, 0.5) is 5.69 Å². The van der Waals surface area contributed by atoms with Crippen LogP contribution in [-0.4, -0.2) is 41.8 Å². The topological polar surface area (TPSA) is 82.7 Å². The number of carbonyl (C=O) groups is 1. The summed E-state index contributed by atoms with van der Waals surface area (Å²) < 4.78 is 6.11. The van der Waals surface area contributed by atoms with Gasteiger partial charge in [0.15, 0.2) is 0 Å². The summed E-state index contributed by atoms with van der Waals surface area (Å²) in [6.45, 7) is 6.53. The zero-order valence-electron chi connectivity index (χ0n) is 19.8. The van der Waals surface area contributed by atoms with E-state index in [-0.39, 0.29) is 11.7 Å². The van der Waals surface area contributed by atoms with Gasteiger partial charge in [0.2, 0.25) is 6.10 Å². The van der Waals surface area contributed by atoms with Gasteiger partial charge in [-0.3, -0.25) is 15.1 Å². The van der Waals surface area contributed by atoms with E-state index in [2.05, 4.69) is 18.7 Å². The molecular formula is C27H36N4O2. The van der Waals surface area contributed by atoms with Crippen LogP contribution in [0.25, 0.3) is 0 Å². The number of piperidine rings is 1. The van der Waals surface area contributed by atoms with Gasteiger partial charge in [0.25, 0.3) is 5.91 Å². The maximum atomic E-state index is 13.4. The molecule has 0 spiro atoms. The van der Waals surface area contributed by atoms with Gasteiger partial charge in [0.05, 0.1) is 5.69 Å². The van der Waals surface area contributed by atoms with E-state index >= 15 is 0 Å². The highest BCUT2D eigenvalue weighted by molar-refractivity contribution is 6.01. The van der Waals surface area contributed by atoms with E-state index in [0.717, 1.165) is 42.8 Å². The van der Waals surface area contributed by atoms with Gasteiger partial charge in [-0.2, -0.15) is 0 Å². The minimum atomic E-state index is -0.684. The van der Waals surface area contributed by atoms with Crippen LogP contribution in [0.15, 0.2) is 48.5 Å². The number of carbonyl (C=O) groups excluding carboxylic acids is 1. The first kappa shape index (κ1) is 23.3. The van der Waals surface area contributed by atoms with Gasteiger partial charge in [-0.25, -0.2) is 0 Å². The number of nitrogen functional groups attached to an aromatic ring is 1. The number of likely N-dealkylation sites (tertiary alicyclic amines) is 1. The number of benzene rings is 2. The van der Waals surface area contributed by atoms with Crippen molar-refractivity contribution in [1.82, 2.24) is 4.90 Å². The Bertz CT molecular complexity index is 964. The predicted molar refractivity (Wildman–Crippen MR) is 133 cm³/mol. The van der Waals surface area contributed by atoms with Crippen molar-refractivity contribution in [2.75, 3.05) is 18.0 Å². The summed E-state index contributed by atoms with van der Waals surface area (Å²) in [4.78, 5) is 18.0. The van der Waals surface area contributed by atoms with Crippen LogP contribution in [-0.2, 0) is 4.79 Å². The zero-order chi connectivity index (χ0) is 23.4. The largest absolute Gasteiger partial charge is 0.474 e. The van der Waals surface area contributed by atoms with E-state index in [0.29, 0.717) is 24.2 Å². The van der Waals surface area contributed by atoms with Gasteiger partial charge in [0.1, 0.15) is 11.6 Å². The molecule has 2 aliphatic heterocycles. The molecule has 2 heterocycles. The molecule has 0 bridgehead atoms. The Morgan fingerprint density at radius 3 is 2.36 bits per heavy atom. The Balaban J connectivity index is 1.40. The summed E-state index contributed by atoms with van der Waals surface area (Å²) in [7, 11) is 0. The second-order valence-corrected chi connectivity index (χ2v) is 9.42. The third-order valence-electron chi connectivity index (χ3n) is 7.09. The Morgan fingerprint density at radius 1 is 1.00 bits per heavy atom. The molecule has 176 valence electrons. The van der Waals surface area contributed by atoms with Crippen molar-refractivity contribution in [3.63, 3.8) is 0 Å². The van der Waals surface area contributed by atoms with Crippen LogP contribution < -0.4 is 15.4 Å². The summed E-state index contributed by atoms with van der Waals surface area (Å²) in [5.74, 6) is 0.703. The Labute approximate surface area is 197 Å². The number of rotatable bonds is 8. The molecule has 1 saturated heterocycles. The number of fused-ring (bicyclic) bond motifs is 1. The molecule has 0 radical (unpaired) electrons. The molecule has 3 atom stereocenters. The molecule has 2 aliphatic rings. The number of unbranched alkanes of at least 4 members (excludes halogenated alkanes) is 2. The normalized spacial score (nSPS) is 23.2. The number of para-hydroxylation sites is 2. The minimum absolute atomic E-state index is 0.0118. The Morgan fingerprint density at radius 2 is 1.67 bits per heavy atom. The average molecular weight is 449 g/mol. The summed E-state index contributed by atoms with van der Waals surface area (Å²) in [6, 6.07) is 16.3. The highest BCUT2D eigenvalue weighted by Gasteiger charge is 2.35. The Hall–Kier alpha value is -2.86. The first-order valence-electron chi connectivity index (χ1n) is 12.2. The number of hydrogen-bond acceptors (Lipinski definition) is 4. The number of ether oxygens (including phenoxy) is 1. The SMILES string of the molecule is C[C@@H]1CCC[C@H](C)N1CCCCCN1C(=O)C(c2ccc(C(=N)N)cc2)Oc2ccccc21. The molecule has 1 amide bonds. The van der Waals surface area contributed by atoms with Gasteiger partial charge in [-0.15, -0.1) is 0 Å². The predicted octanol–water partition coefficient (Wildman–Crippen LogP) is 4.87. The number of nitrogens with zero attached hydrogens (tertiary/aromatic N) is 2. The highest BCUT2D eigenvalue weighted by Crippen LogP contribution is 2.39. The monoisotopic (exact) mass is 448 g/mol. The fourth-order valence-corrected chi connectivity index (χ4v) is 5.15. The lowest BCUT2D eigenvalue weighted by Gasteiger charge is -2.39. The summed E-state index contributed by atoms with van der Waals surface area (Å²) in [5.41, 5.74) is 7.83. The number of hydrogen-bond donors (Lipinski definition) is 2. The van der Waals surface area contributed by atoms with Gasteiger partial charge >= 0.3 is 0 Å². The number of nitrogens with two attached hydrogens (primary N) is 1. The smallest absolute Gasteiger partial charge is 0.272 e. The molecule has 3 N–H and O–H groups in total. The van der Waals surface area contributed by atoms with E-state index in [1.54, 1.807) is 12.1 Å². The molecule has 6 heteroatoms. The third kappa shape index (κ3) is 5.22. The van der Waals surface area contributed by atoms with Crippen molar-refractivity contribution in [3.05, 3.63) is 59.7 Å². The van der Waals surface area contributed by atoms with E-state index in [4.69, 9.17) is 15.9 Å². The number of nitrogens with one attached hydrogen (secondary N) is 1. The van der Waals surface area contributed by atoms with Crippen LogP contribution in [0.5, 0.6) is 5.75 Å². The van der Waals surface area contributed by atoms with Crippen molar-refractivity contribution in [2.45, 2.75) is 70.6 Å². The molecule has 6 nitrogen and oxygen atoms in total. The molecule has 4 rings (SSSR count). The van der Waals surface area contributed by atoms with Crippen molar-refractivity contribution in [3.8, 4) is 5.75 Å². The third-order valence-corrected chi connectivity index (χ3v) is 7.09. The lowest BCUT2D eigenvalue weighted by molar-refractivity contribution is -0.126. The van der Waals surface area contributed by atoms with Crippen LogP contribution in [0.3, 0.4) is 0 Å². The highest BCUT2D eigenvalue weighted by atomic mass is 16.5. The first-order valence-corrected chi connectivity index (χ1v) is 12.2. The van der Waals surface area contributed by atoms with Crippen molar-refractivity contribution in [1.29, 1.82) is 5.41 Å². The second-order valence-electron chi connectivity index (χ2n) is 9.42. The van der Waals surface area contributed by atoms with E-state index < -0.39 is 6.10 Å². The summed E-state index contributed by atoms with van der Waals surface area (Å²) in [5, 5.41) is 7.58. The first-order chi connectivity index (χ1) is 16.0. The fraction of sp³-hybridized carbons (Fsp3) is 0.481. The van der Waals surface area contributed by atoms with E-state index in [1.807, 2.05) is 41.3 Å². The van der Waals surface area contributed by atoms with E-state index in [1.165, 1.54) is 19.3 Å². The summed E-state index contributed by atoms with van der Waals surface area (Å²) >= 11 is 0. The van der Waals surface area contributed by atoms with Gasteiger partial charge in [0, 0.05) is 29.8 Å². The Kier molecular flexibility index (Phi) is 7.33. The number of anilines is 1. The number of amides is 1. The molecule has 2 aromatic carbocycles. The molecule has 0 aliphatic carbocycles. The lowest BCUT2D eigenvalue weighted by atomic mass is 9.97. The quantitative estimate of drug-likeness (QED) is 0.343. The molecule has 0 saturated carbocycles. The maximum Gasteiger partial charge on any atom is 0.272 e.